The highest BCUT2D eigenvalue weighted by Gasteiger charge is 2.13. The van der Waals surface area contributed by atoms with Crippen molar-refractivity contribution in [3.05, 3.63) is 75.7 Å². The molecular formula is C35H49BrN2O3S. The summed E-state index contributed by atoms with van der Waals surface area (Å²) >= 11 is 1.73. The summed E-state index contributed by atoms with van der Waals surface area (Å²) in [6.07, 6.45) is 17.9. The van der Waals surface area contributed by atoms with Crippen molar-refractivity contribution in [2.75, 3.05) is 11.9 Å². The van der Waals surface area contributed by atoms with Crippen LogP contribution in [0.25, 0.3) is 0 Å². The third kappa shape index (κ3) is 13.6. The maximum atomic E-state index is 12.7. The van der Waals surface area contributed by atoms with E-state index in [1.807, 2.05) is 36.4 Å². The number of aryl methyl sites for hydroxylation is 1. The molecule has 0 saturated carbocycles. The van der Waals surface area contributed by atoms with E-state index in [0.29, 0.717) is 17.9 Å². The van der Waals surface area contributed by atoms with Crippen molar-refractivity contribution in [3.63, 3.8) is 0 Å². The number of amides is 1. The molecule has 1 N–H and O–H groups in total. The van der Waals surface area contributed by atoms with E-state index in [9.17, 15) is 9.59 Å². The van der Waals surface area contributed by atoms with E-state index in [-0.39, 0.29) is 35.1 Å². The molecule has 7 heteroatoms. The van der Waals surface area contributed by atoms with Crippen molar-refractivity contribution < 1.29 is 35.9 Å². The number of anilines is 1. The van der Waals surface area contributed by atoms with Crippen LogP contribution in [0.1, 0.15) is 117 Å². The van der Waals surface area contributed by atoms with E-state index >= 15 is 0 Å². The molecule has 1 amide bonds. The van der Waals surface area contributed by atoms with Gasteiger partial charge in [-0.1, -0.05) is 107 Å². The Morgan fingerprint density at radius 3 is 2.00 bits per heavy atom. The van der Waals surface area contributed by atoms with Gasteiger partial charge in [-0.3, -0.25) is 9.59 Å². The number of carbonyl (C=O) groups is 2. The minimum absolute atomic E-state index is 0. The number of nitrogens with zero attached hydrogens (tertiary/aromatic N) is 1. The Labute approximate surface area is 267 Å². The second kappa shape index (κ2) is 20.4. The highest BCUT2D eigenvalue weighted by atomic mass is 79.9. The molecule has 5 nitrogen and oxygen atoms in total. The Morgan fingerprint density at radius 2 is 1.43 bits per heavy atom. The quantitative estimate of drug-likeness (QED) is 0.0942. The van der Waals surface area contributed by atoms with Crippen LogP contribution >= 0.6 is 11.3 Å². The van der Waals surface area contributed by atoms with Crippen molar-refractivity contribution in [1.29, 1.82) is 0 Å². The summed E-state index contributed by atoms with van der Waals surface area (Å²) in [7, 11) is 0. The van der Waals surface area contributed by atoms with E-state index in [2.05, 4.69) is 35.4 Å². The number of ether oxygens (including phenoxy) is 1. The molecule has 0 bridgehead atoms. The fourth-order valence-corrected chi connectivity index (χ4v) is 5.67. The minimum atomic E-state index is -0.111. The zero-order valence-corrected chi connectivity index (χ0v) is 28.2. The van der Waals surface area contributed by atoms with Crippen LogP contribution in [0, 0.1) is 6.92 Å². The van der Waals surface area contributed by atoms with Crippen LogP contribution in [-0.4, -0.2) is 18.3 Å². The second-order valence-electron chi connectivity index (χ2n) is 11.2. The summed E-state index contributed by atoms with van der Waals surface area (Å²) in [6.45, 7) is 7.33. The normalized spacial score (nSPS) is 10.7. The molecule has 2 aromatic carbocycles. The second-order valence-corrected chi connectivity index (χ2v) is 12.3. The lowest BCUT2D eigenvalue weighted by Gasteiger charge is -2.12. The number of carbonyl (C=O) groups excluding carboxylic acids is 2. The minimum Gasteiger partial charge on any atom is -1.00 e. The van der Waals surface area contributed by atoms with Crippen molar-refractivity contribution in [2.45, 2.75) is 111 Å². The molecule has 0 spiro atoms. The van der Waals surface area contributed by atoms with E-state index in [4.69, 9.17) is 4.74 Å². The van der Waals surface area contributed by atoms with Gasteiger partial charge in [0.1, 0.15) is 5.75 Å². The van der Waals surface area contributed by atoms with Gasteiger partial charge in [-0.15, -0.1) is 0 Å². The van der Waals surface area contributed by atoms with Gasteiger partial charge in [-0.05, 0) is 50.1 Å². The SMILES string of the molecule is CCCCCCCCCCCCCCOc1ccc(CC(=O)Nc2ccc(C[n+]3csc(C)c3)cc2)cc1C(C)=O.[Br-]. The first kappa shape index (κ1) is 35.7. The summed E-state index contributed by atoms with van der Waals surface area (Å²) in [6, 6.07) is 13.4. The third-order valence-electron chi connectivity index (χ3n) is 7.37. The molecule has 230 valence electrons. The molecule has 3 rings (SSSR count). The lowest BCUT2D eigenvalue weighted by atomic mass is 10.0. The maximum absolute atomic E-state index is 12.7. The standard InChI is InChI=1S/C35H48N2O3S.BrH/c1-4-5-6-7-8-9-10-11-12-13-14-15-22-40-34-21-18-31(23-33(34)29(3)38)24-35(39)36-32-19-16-30(17-20-32)26-37-25-28(2)41-27-37;/h16-21,23,25,27H,4-15,22,24,26H2,1-3H3;1H. The van der Waals surface area contributed by atoms with Crippen molar-refractivity contribution >= 4 is 28.7 Å². The van der Waals surface area contributed by atoms with Gasteiger partial charge in [-0.25, -0.2) is 0 Å². The maximum Gasteiger partial charge on any atom is 0.228 e. The number of Topliss-reactive ketones (excluding diaryl/α,β-unsaturated/α-hetero) is 1. The number of ketones is 1. The van der Waals surface area contributed by atoms with Gasteiger partial charge < -0.3 is 27.0 Å². The zero-order chi connectivity index (χ0) is 29.3. The summed E-state index contributed by atoms with van der Waals surface area (Å²) in [5.41, 5.74) is 5.39. The molecule has 0 aliphatic rings. The van der Waals surface area contributed by atoms with Crippen LogP contribution in [0.2, 0.25) is 0 Å². The number of benzene rings is 2. The predicted molar refractivity (Wildman–Crippen MR) is 170 cm³/mol. The summed E-state index contributed by atoms with van der Waals surface area (Å²) in [5, 5.41) is 2.97. The first-order valence-corrected chi connectivity index (χ1v) is 16.4. The van der Waals surface area contributed by atoms with Gasteiger partial charge in [0.05, 0.1) is 23.5 Å². The molecule has 0 saturated heterocycles. The predicted octanol–water partition coefficient (Wildman–Crippen LogP) is 5.86. The smallest absolute Gasteiger partial charge is 0.228 e. The van der Waals surface area contributed by atoms with Crippen LogP contribution in [0.5, 0.6) is 5.75 Å². The molecule has 0 radical (unpaired) electrons. The highest BCUT2D eigenvalue weighted by molar-refractivity contribution is 7.09. The van der Waals surface area contributed by atoms with E-state index in [0.717, 1.165) is 30.6 Å². The largest absolute Gasteiger partial charge is 1.00 e. The van der Waals surface area contributed by atoms with Crippen LogP contribution in [-0.2, 0) is 17.8 Å². The lowest BCUT2D eigenvalue weighted by molar-refractivity contribution is -0.683. The number of unbranched alkanes of at least 4 members (excludes halogenated alkanes) is 11. The first-order chi connectivity index (χ1) is 19.9. The Morgan fingerprint density at radius 1 is 0.833 bits per heavy atom. The average Bonchev–Trinajstić information content (AvgIpc) is 3.37. The third-order valence-corrected chi connectivity index (χ3v) is 8.22. The summed E-state index contributed by atoms with van der Waals surface area (Å²) in [4.78, 5) is 26.3. The summed E-state index contributed by atoms with van der Waals surface area (Å²) in [5.74, 6) is 0.450. The van der Waals surface area contributed by atoms with Gasteiger partial charge in [0.2, 0.25) is 11.4 Å². The topological polar surface area (TPSA) is 59.3 Å². The van der Waals surface area contributed by atoms with E-state index in [1.165, 1.54) is 74.6 Å². The number of hydrogen-bond acceptors (Lipinski definition) is 4. The first-order valence-electron chi connectivity index (χ1n) is 15.5. The lowest BCUT2D eigenvalue weighted by Crippen LogP contribution is -3.00. The fraction of sp³-hybridized carbons (Fsp3) is 0.514. The molecule has 0 atom stereocenters. The Balaban J connectivity index is 0.00000616. The van der Waals surface area contributed by atoms with E-state index < -0.39 is 0 Å². The molecule has 0 aliphatic carbocycles. The highest BCUT2D eigenvalue weighted by Crippen LogP contribution is 2.22. The molecule has 3 aromatic rings. The zero-order valence-electron chi connectivity index (χ0n) is 25.8. The molecule has 0 unspecified atom stereocenters. The number of rotatable bonds is 20. The van der Waals surface area contributed by atoms with Crippen LogP contribution in [0.15, 0.2) is 54.2 Å². The average molecular weight is 658 g/mol. The van der Waals surface area contributed by atoms with Gasteiger partial charge in [0.25, 0.3) is 0 Å². The monoisotopic (exact) mass is 656 g/mol. The Bertz CT molecular complexity index is 1210. The van der Waals surface area contributed by atoms with E-state index in [1.54, 1.807) is 24.3 Å². The fourth-order valence-electron chi connectivity index (χ4n) is 5.04. The summed E-state index contributed by atoms with van der Waals surface area (Å²) < 4.78 is 8.14. The van der Waals surface area contributed by atoms with Gasteiger partial charge in [0.15, 0.2) is 18.5 Å². The van der Waals surface area contributed by atoms with Gasteiger partial charge in [-0.2, -0.15) is 4.57 Å². The van der Waals surface area contributed by atoms with Crippen molar-refractivity contribution in [3.8, 4) is 5.75 Å². The number of nitrogens with one attached hydrogen (secondary N) is 1. The van der Waals surface area contributed by atoms with Gasteiger partial charge in [0, 0.05) is 11.3 Å². The number of thiazole rings is 1. The van der Waals surface area contributed by atoms with Crippen molar-refractivity contribution in [2.24, 2.45) is 0 Å². The molecular weight excluding hydrogens is 608 g/mol. The van der Waals surface area contributed by atoms with Gasteiger partial charge >= 0.3 is 0 Å². The van der Waals surface area contributed by atoms with Crippen molar-refractivity contribution in [1.82, 2.24) is 0 Å². The number of hydrogen-bond donors (Lipinski definition) is 1. The molecule has 0 aliphatic heterocycles. The number of halogens is 1. The Hall–Kier alpha value is -2.51. The molecule has 0 fully saturated rings. The molecule has 1 heterocycles. The van der Waals surface area contributed by atoms with Crippen LogP contribution in [0.4, 0.5) is 5.69 Å². The Kier molecular flexibility index (Phi) is 17.3. The molecule has 42 heavy (non-hydrogen) atoms. The van der Waals surface area contributed by atoms with Crippen LogP contribution < -0.4 is 31.6 Å². The van der Waals surface area contributed by atoms with Crippen LogP contribution in [0.3, 0.4) is 0 Å². The number of aromatic nitrogens is 1. The molecule has 1 aromatic heterocycles.